The van der Waals surface area contributed by atoms with Crippen molar-refractivity contribution in [2.75, 3.05) is 5.88 Å². The summed E-state index contributed by atoms with van der Waals surface area (Å²) in [6.07, 6.45) is 0. The molecule has 0 fully saturated rings. The Morgan fingerprint density at radius 2 is 1.85 bits per heavy atom. The molecule has 1 rings (SSSR count). The van der Waals surface area contributed by atoms with Crippen LogP contribution in [0.4, 0.5) is 0 Å². The molecule has 0 saturated heterocycles. The van der Waals surface area contributed by atoms with Crippen LogP contribution >= 0.6 is 11.6 Å². The van der Waals surface area contributed by atoms with Crippen LogP contribution < -0.4 is 5.19 Å². The largest absolute Gasteiger partial charge is 0.162 e. The van der Waals surface area contributed by atoms with Gasteiger partial charge in [-0.05, 0) is 5.19 Å². The van der Waals surface area contributed by atoms with E-state index in [0.717, 1.165) is 0 Å². The molecule has 2 heteroatoms. The van der Waals surface area contributed by atoms with Gasteiger partial charge < -0.3 is 0 Å². The number of hydrogen-bond donors (Lipinski definition) is 0. The van der Waals surface area contributed by atoms with Crippen molar-refractivity contribution in [2.24, 2.45) is 0 Å². The van der Waals surface area contributed by atoms with Crippen LogP contribution in [-0.4, -0.2) is 14.0 Å². The summed E-state index contributed by atoms with van der Waals surface area (Å²) in [5.41, 5.74) is 3.28. The second kappa shape index (κ2) is 4.50. The van der Waals surface area contributed by atoms with E-state index in [4.69, 9.17) is 11.6 Å². The zero-order valence-electron chi connectivity index (χ0n) is 7.97. The highest BCUT2D eigenvalue weighted by molar-refractivity contribution is 6.96. The Hall–Kier alpha value is -0.713. The van der Waals surface area contributed by atoms with Gasteiger partial charge in [-0.15, -0.1) is 17.1 Å². The van der Waals surface area contributed by atoms with Crippen molar-refractivity contribution in [2.45, 2.75) is 13.1 Å². The molecular formula is C11H13ClSi. The molecule has 0 aliphatic carbocycles. The minimum Gasteiger partial charge on any atom is -0.125 e. The Bertz CT molecular complexity index is 319. The number of alkyl halides is 1. The summed E-state index contributed by atoms with van der Waals surface area (Å²) in [6.45, 7) is 4.48. The first kappa shape index (κ1) is 10.4. The topological polar surface area (TPSA) is 0 Å². The van der Waals surface area contributed by atoms with Gasteiger partial charge >= 0.3 is 0 Å². The summed E-state index contributed by atoms with van der Waals surface area (Å²) in [5.74, 6) is 3.40. The van der Waals surface area contributed by atoms with Crippen LogP contribution in [0.3, 0.4) is 0 Å². The molecule has 13 heavy (non-hydrogen) atoms. The minimum atomic E-state index is -1.55. The highest BCUT2D eigenvalue weighted by Crippen LogP contribution is 2.00. The van der Waals surface area contributed by atoms with E-state index >= 15 is 0 Å². The van der Waals surface area contributed by atoms with E-state index in [1.54, 1.807) is 0 Å². The van der Waals surface area contributed by atoms with Crippen LogP contribution in [0.15, 0.2) is 30.3 Å². The van der Waals surface area contributed by atoms with Crippen molar-refractivity contribution in [1.82, 2.24) is 0 Å². The normalized spacial score (nSPS) is 10.4. The maximum Gasteiger partial charge on any atom is 0.162 e. The van der Waals surface area contributed by atoms with Gasteiger partial charge in [0.05, 0.1) is 5.88 Å². The van der Waals surface area contributed by atoms with E-state index < -0.39 is 8.07 Å². The van der Waals surface area contributed by atoms with Crippen molar-refractivity contribution in [3.63, 3.8) is 0 Å². The maximum atomic E-state index is 5.54. The zero-order chi connectivity index (χ0) is 9.73. The molecule has 0 aliphatic rings. The molecule has 0 atom stereocenters. The standard InChI is InChI=1S/C11H13ClSi/c1-13(2,10-6-9-12)11-7-4-3-5-8-11/h3-5,7-8H,9H2,1-2H3. The van der Waals surface area contributed by atoms with Crippen molar-refractivity contribution in [3.8, 4) is 11.5 Å². The van der Waals surface area contributed by atoms with Crippen molar-refractivity contribution < 1.29 is 0 Å². The van der Waals surface area contributed by atoms with E-state index in [1.807, 2.05) is 6.07 Å². The molecule has 0 amide bonds. The van der Waals surface area contributed by atoms with Gasteiger partial charge in [0.25, 0.3) is 0 Å². The number of halogens is 1. The Kier molecular flexibility index (Phi) is 3.59. The lowest BCUT2D eigenvalue weighted by atomic mass is 10.4. The van der Waals surface area contributed by atoms with E-state index in [1.165, 1.54) is 5.19 Å². The third kappa shape index (κ3) is 2.91. The Morgan fingerprint density at radius 3 is 2.38 bits per heavy atom. The van der Waals surface area contributed by atoms with Gasteiger partial charge in [-0.25, -0.2) is 0 Å². The van der Waals surface area contributed by atoms with Crippen LogP contribution in [0, 0.1) is 11.5 Å². The van der Waals surface area contributed by atoms with Gasteiger partial charge in [-0.2, -0.15) is 0 Å². The SMILES string of the molecule is C[Si](C)(C#CCCl)c1ccccc1. The smallest absolute Gasteiger partial charge is 0.125 e. The summed E-state index contributed by atoms with van der Waals surface area (Å²) in [7, 11) is -1.55. The molecule has 1 aromatic rings. The number of rotatable bonds is 1. The first-order valence-corrected chi connectivity index (χ1v) is 7.82. The van der Waals surface area contributed by atoms with Crippen molar-refractivity contribution in [1.29, 1.82) is 0 Å². The molecule has 0 N–H and O–H groups in total. The highest BCUT2D eigenvalue weighted by atomic mass is 35.5. The minimum absolute atomic E-state index is 0.434. The first-order valence-electron chi connectivity index (χ1n) is 4.28. The first-order chi connectivity index (χ1) is 6.17. The lowest BCUT2D eigenvalue weighted by Gasteiger charge is -2.14. The predicted octanol–water partition coefficient (Wildman–Crippen LogP) is 2.38. The Balaban J connectivity index is 2.94. The fourth-order valence-electron chi connectivity index (χ4n) is 1.18. The third-order valence-corrected chi connectivity index (χ3v) is 4.68. The van der Waals surface area contributed by atoms with Crippen LogP contribution in [0.1, 0.15) is 0 Å². The van der Waals surface area contributed by atoms with Gasteiger partial charge in [0.1, 0.15) is 0 Å². The third-order valence-electron chi connectivity index (χ3n) is 1.96. The van der Waals surface area contributed by atoms with Gasteiger partial charge in [0.15, 0.2) is 8.07 Å². The Morgan fingerprint density at radius 1 is 1.23 bits per heavy atom. The summed E-state index contributed by atoms with van der Waals surface area (Å²) in [6, 6.07) is 10.5. The fourth-order valence-corrected chi connectivity index (χ4v) is 3.06. The number of hydrogen-bond acceptors (Lipinski definition) is 0. The zero-order valence-corrected chi connectivity index (χ0v) is 9.73. The summed E-state index contributed by atoms with van der Waals surface area (Å²) in [4.78, 5) is 0. The van der Waals surface area contributed by atoms with Gasteiger partial charge in [0, 0.05) is 0 Å². The second-order valence-corrected chi connectivity index (χ2v) is 7.77. The van der Waals surface area contributed by atoms with E-state index in [9.17, 15) is 0 Å². The molecular weight excluding hydrogens is 196 g/mol. The lowest BCUT2D eigenvalue weighted by Crippen LogP contribution is -2.39. The molecule has 0 radical (unpaired) electrons. The molecule has 0 nitrogen and oxygen atoms in total. The van der Waals surface area contributed by atoms with Crippen LogP contribution in [0.2, 0.25) is 13.1 Å². The number of benzene rings is 1. The van der Waals surface area contributed by atoms with E-state index in [2.05, 4.69) is 48.8 Å². The molecule has 0 bridgehead atoms. The van der Waals surface area contributed by atoms with Crippen LogP contribution in [-0.2, 0) is 0 Å². The summed E-state index contributed by atoms with van der Waals surface area (Å²) < 4.78 is 0. The molecule has 0 aromatic heterocycles. The van der Waals surface area contributed by atoms with E-state index in [-0.39, 0.29) is 0 Å². The van der Waals surface area contributed by atoms with Gasteiger partial charge in [-0.3, -0.25) is 0 Å². The second-order valence-electron chi connectivity index (χ2n) is 3.43. The predicted molar refractivity (Wildman–Crippen MR) is 62.1 cm³/mol. The molecule has 0 aliphatic heterocycles. The van der Waals surface area contributed by atoms with Crippen LogP contribution in [0.25, 0.3) is 0 Å². The maximum absolute atomic E-state index is 5.54. The molecule has 1 aromatic carbocycles. The average Bonchev–Trinajstić information content (AvgIpc) is 2.16. The molecule has 0 unspecified atom stereocenters. The lowest BCUT2D eigenvalue weighted by molar-refractivity contribution is 1.72. The molecule has 0 spiro atoms. The van der Waals surface area contributed by atoms with Crippen LogP contribution in [0.5, 0.6) is 0 Å². The highest BCUT2D eigenvalue weighted by Gasteiger charge is 2.19. The van der Waals surface area contributed by atoms with Crippen molar-refractivity contribution >= 4 is 24.9 Å². The van der Waals surface area contributed by atoms with Gasteiger partial charge in [-0.1, -0.05) is 49.3 Å². The van der Waals surface area contributed by atoms with E-state index in [0.29, 0.717) is 5.88 Å². The van der Waals surface area contributed by atoms with Crippen molar-refractivity contribution in [3.05, 3.63) is 30.3 Å². The summed E-state index contributed by atoms with van der Waals surface area (Å²) >= 11 is 5.54. The molecule has 68 valence electrons. The monoisotopic (exact) mass is 208 g/mol. The average molecular weight is 209 g/mol. The summed E-state index contributed by atoms with van der Waals surface area (Å²) in [5, 5.41) is 1.37. The quantitative estimate of drug-likeness (QED) is 0.378. The molecule has 0 heterocycles. The molecule has 0 saturated carbocycles. The Labute approximate surface area is 85.9 Å². The fraction of sp³-hybridized carbons (Fsp3) is 0.273. The van der Waals surface area contributed by atoms with Gasteiger partial charge in [0.2, 0.25) is 0 Å².